The number of ether oxygens (including phenoxy) is 1. The van der Waals surface area contributed by atoms with Crippen LogP contribution in [0.1, 0.15) is 17.5 Å². The third-order valence-corrected chi connectivity index (χ3v) is 4.44. The lowest BCUT2D eigenvalue weighted by Crippen LogP contribution is -2.13. The summed E-state index contributed by atoms with van der Waals surface area (Å²) in [5, 5.41) is 11.8. The van der Waals surface area contributed by atoms with E-state index in [-0.39, 0.29) is 13.0 Å². The summed E-state index contributed by atoms with van der Waals surface area (Å²) in [5.74, 6) is -0.826. The van der Waals surface area contributed by atoms with Crippen LogP contribution in [0.2, 0.25) is 0 Å². The standard InChI is InChI=1S/C18H16N2O4S/c21-16(22)9-7-12-6-8-14-15(10-12)25-17(19-14)20-18(23)24-11-13-4-2-1-3-5-13/h1-6,8,10H,7,9,11H2,(H,21,22)(H,19,20,23). The van der Waals surface area contributed by atoms with Gasteiger partial charge < -0.3 is 9.84 Å². The second-order valence-electron chi connectivity index (χ2n) is 5.40. The van der Waals surface area contributed by atoms with Crippen LogP contribution >= 0.6 is 11.3 Å². The Labute approximate surface area is 148 Å². The molecule has 1 aromatic heterocycles. The highest BCUT2D eigenvalue weighted by atomic mass is 32.1. The minimum Gasteiger partial charge on any atom is -0.481 e. The first-order valence-electron chi connectivity index (χ1n) is 7.69. The van der Waals surface area contributed by atoms with Crippen LogP contribution in [-0.2, 0) is 22.6 Å². The Hall–Kier alpha value is -2.93. The molecule has 6 nitrogen and oxygen atoms in total. The molecule has 25 heavy (non-hydrogen) atoms. The van der Waals surface area contributed by atoms with Gasteiger partial charge in [0.1, 0.15) is 6.61 Å². The normalized spacial score (nSPS) is 10.6. The van der Waals surface area contributed by atoms with Crippen LogP contribution in [0.4, 0.5) is 9.93 Å². The maximum absolute atomic E-state index is 11.9. The van der Waals surface area contributed by atoms with Gasteiger partial charge in [0, 0.05) is 6.42 Å². The summed E-state index contributed by atoms with van der Waals surface area (Å²) in [5.41, 5.74) is 2.59. The summed E-state index contributed by atoms with van der Waals surface area (Å²) >= 11 is 1.33. The quantitative estimate of drug-likeness (QED) is 0.695. The number of aromatic nitrogens is 1. The summed E-state index contributed by atoms with van der Waals surface area (Å²) in [6.07, 6.45) is -0.0132. The lowest BCUT2D eigenvalue weighted by Gasteiger charge is -2.04. The van der Waals surface area contributed by atoms with E-state index in [0.717, 1.165) is 21.3 Å². The fourth-order valence-corrected chi connectivity index (χ4v) is 3.19. The Morgan fingerprint density at radius 2 is 1.92 bits per heavy atom. The molecule has 1 amide bonds. The van der Waals surface area contributed by atoms with E-state index in [0.29, 0.717) is 11.6 Å². The average molecular weight is 356 g/mol. The predicted molar refractivity (Wildman–Crippen MR) is 95.8 cm³/mol. The van der Waals surface area contributed by atoms with E-state index in [9.17, 15) is 9.59 Å². The molecule has 3 rings (SSSR count). The highest BCUT2D eigenvalue weighted by Gasteiger charge is 2.10. The molecule has 0 saturated heterocycles. The Morgan fingerprint density at radius 1 is 1.12 bits per heavy atom. The van der Waals surface area contributed by atoms with Crippen LogP contribution in [0.25, 0.3) is 10.2 Å². The molecule has 3 aromatic rings. The van der Waals surface area contributed by atoms with Gasteiger partial charge in [-0.15, -0.1) is 0 Å². The van der Waals surface area contributed by atoms with E-state index in [1.165, 1.54) is 11.3 Å². The van der Waals surface area contributed by atoms with Crippen molar-refractivity contribution in [2.75, 3.05) is 5.32 Å². The fraction of sp³-hybridized carbons (Fsp3) is 0.167. The number of aryl methyl sites for hydroxylation is 1. The van der Waals surface area contributed by atoms with Crippen molar-refractivity contribution in [1.29, 1.82) is 0 Å². The van der Waals surface area contributed by atoms with Gasteiger partial charge in [-0.2, -0.15) is 0 Å². The van der Waals surface area contributed by atoms with E-state index >= 15 is 0 Å². The van der Waals surface area contributed by atoms with E-state index in [4.69, 9.17) is 9.84 Å². The van der Waals surface area contributed by atoms with Crippen molar-refractivity contribution in [3.63, 3.8) is 0 Å². The Bertz CT molecular complexity index is 892. The van der Waals surface area contributed by atoms with Crippen molar-refractivity contribution in [1.82, 2.24) is 4.98 Å². The second-order valence-corrected chi connectivity index (χ2v) is 6.43. The molecule has 0 atom stereocenters. The first kappa shape index (κ1) is 16.9. The summed E-state index contributed by atoms with van der Waals surface area (Å²) in [4.78, 5) is 26.9. The number of carboxylic acids is 1. The van der Waals surface area contributed by atoms with E-state index in [1.807, 2.05) is 48.5 Å². The molecule has 1 heterocycles. The minimum atomic E-state index is -0.826. The fourth-order valence-electron chi connectivity index (χ4n) is 2.28. The topological polar surface area (TPSA) is 88.5 Å². The number of anilines is 1. The number of nitrogens with zero attached hydrogens (tertiary/aromatic N) is 1. The van der Waals surface area contributed by atoms with Crippen molar-refractivity contribution >= 4 is 38.7 Å². The van der Waals surface area contributed by atoms with E-state index in [2.05, 4.69) is 10.3 Å². The molecule has 7 heteroatoms. The zero-order valence-corrected chi connectivity index (χ0v) is 14.1. The Morgan fingerprint density at radius 3 is 2.68 bits per heavy atom. The van der Waals surface area contributed by atoms with Crippen molar-refractivity contribution in [2.24, 2.45) is 0 Å². The minimum absolute atomic E-state index is 0.0846. The molecule has 0 unspecified atom stereocenters. The third-order valence-electron chi connectivity index (χ3n) is 3.50. The molecule has 2 N–H and O–H groups in total. The van der Waals surface area contributed by atoms with Gasteiger partial charge in [0.15, 0.2) is 5.13 Å². The lowest BCUT2D eigenvalue weighted by atomic mass is 10.1. The van der Waals surface area contributed by atoms with Crippen molar-refractivity contribution < 1.29 is 19.4 Å². The van der Waals surface area contributed by atoms with Crippen molar-refractivity contribution in [3.8, 4) is 0 Å². The molecular weight excluding hydrogens is 340 g/mol. The van der Waals surface area contributed by atoms with Gasteiger partial charge in [-0.3, -0.25) is 10.1 Å². The zero-order valence-electron chi connectivity index (χ0n) is 13.3. The van der Waals surface area contributed by atoms with Crippen LogP contribution < -0.4 is 5.32 Å². The highest BCUT2D eigenvalue weighted by Crippen LogP contribution is 2.27. The number of aliphatic carboxylic acids is 1. The molecule has 0 aliphatic carbocycles. The van der Waals surface area contributed by atoms with E-state index < -0.39 is 12.1 Å². The summed E-state index contributed by atoms with van der Waals surface area (Å²) < 4.78 is 6.06. The van der Waals surface area contributed by atoms with Gasteiger partial charge in [0.25, 0.3) is 0 Å². The number of amides is 1. The van der Waals surface area contributed by atoms with Gasteiger partial charge in [-0.25, -0.2) is 9.78 Å². The van der Waals surface area contributed by atoms with Gasteiger partial charge in [0.2, 0.25) is 0 Å². The Balaban J connectivity index is 1.61. The molecule has 0 aliphatic rings. The van der Waals surface area contributed by atoms with Gasteiger partial charge in [-0.1, -0.05) is 47.7 Å². The number of hydrogen-bond acceptors (Lipinski definition) is 5. The van der Waals surface area contributed by atoms with E-state index in [1.54, 1.807) is 0 Å². The SMILES string of the molecule is O=C(O)CCc1ccc2nc(NC(=O)OCc3ccccc3)sc2c1. The third kappa shape index (κ3) is 4.77. The predicted octanol–water partition coefficient (Wildman–Crippen LogP) is 4.06. The number of thiazole rings is 1. The molecule has 128 valence electrons. The van der Waals surface area contributed by atoms with Crippen LogP contribution in [0.3, 0.4) is 0 Å². The van der Waals surface area contributed by atoms with Crippen molar-refractivity contribution in [3.05, 3.63) is 59.7 Å². The van der Waals surface area contributed by atoms with Crippen molar-refractivity contribution in [2.45, 2.75) is 19.4 Å². The van der Waals surface area contributed by atoms with Gasteiger partial charge in [-0.05, 0) is 29.7 Å². The summed E-state index contributed by atoms with van der Waals surface area (Å²) in [6, 6.07) is 15.0. The number of nitrogens with one attached hydrogen (secondary N) is 1. The monoisotopic (exact) mass is 356 g/mol. The molecular formula is C18H16N2O4S. The molecule has 0 radical (unpaired) electrons. The smallest absolute Gasteiger partial charge is 0.413 e. The maximum Gasteiger partial charge on any atom is 0.413 e. The Kier molecular flexibility index (Phi) is 5.25. The zero-order chi connectivity index (χ0) is 17.6. The molecule has 0 saturated carbocycles. The van der Waals surface area contributed by atoms with Gasteiger partial charge in [0.05, 0.1) is 10.2 Å². The summed E-state index contributed by atoms with van der Waals surface area (Å²) in [7, 11) is 0. The lowest BCUT2D eigenvalue weighted by molar-refractivity contribution is -0.136. The molecule has 2 aromatic carbocycles. The largest absolute Gasteiger partial charge is 0.481 e. The number of fused-ring (bicyclic) bond motifs is 1. The first-order valence-corrected chi connectivity index (χ1v) is 8.51. The molecule has 0 spiro atoms. The number of carboxylic acid groups (broad SMARTS) is 1. The molecule has 0 aliphatic heterocycles. The molecule has 0 fully saturated rings. The number of carbonyl (C=O) groups is 2. The number of benzene rings is 2. The first-order chi connectivity index (χ1) is 12.1. The molecule has 0 bridgehead atoms. The van der Waals surface area contributed by atoms with Crippen LogP contribution in [0.5, 0.6) is 0 Å². The summed E-state index contributed by atoms with van der Waals surface area (Å²) in [6.45, 7) is 0.191. The van der Waals surface area contributed by atoms with Gasteiger partial charge >= 0.3 is 12.1 Å². The highest BCUT2D eigenvalue weighted by molar-refractivity contribution is 7.22. The van der Waals surface area contributed by atoms with Crippen LogP contribution in [-0.4, -0.2) is 22.2 Å². The number of carbonyl (C=O) groups excluding carboxylic acids is 1. The van der Waals surface area contributed by atoms with Crippen LogP contribution in [0, 0.1) is 0 Å². The number of hydrogen-bond donors (Lipinski definition) is 2. The number of rotatable bonds is 6. The maximum atomic E-state index is 11.9. The average Bonchev–Trinajstić information content (AvgIpc) is 3.00. The second kappa shape index (κ2) is 7.76. The van der Waals surface area contributed by atoms with Crippen LogP contribution in [0.15, 0.2) is 48.5 Å².